The van der Waals surface area contributed by atoms with Crippen LogP contribution in [0.1, 0.15) is 6.23 Å². The van der Waals surface area contributed by atoms with E-state index >= 15 is 0 Å². The molecule has 1 saturated heterocycles. The second-order valence-electron chi connectivity index (χ2n) is 6.33. The average Bonchev–Trinajstić information content (AvgIpc) is 3.24. The van der Waals surface area contributed by atoms with Crippen LogP contribution in [-0.2, 0) is 14.8 Å². The number of aliphatic hydroxyl groups excluding tert-OH is 3. The van der Waals surface area contributed by atoms with Gasteiger partial charge in [0.2, 0.25) is 0 Å². The first-order valence-electron chi connectivity index (χ1n) is 8.40. The first-order chi connectivity index (χ1) is 13.8. The number of rotatable bonds is 5. The minimum atomic E-state index is -3.93. The summed E-state index contributed by atoms with van der Waals surface area (Å²) >= 11 is 3.25. The normalized spacial score (nSPS) is 24.8. The van der Waals surface area contributed by atoms with Gasteiger partial charge in [0.15, 0.2) is 23.2 Å². The molecule has 0 unspecified atom stereocenters. The van der Waals surface area contributed by atoms with Crippen LogP contribution in [0.5, 0.6) is 0 Å². The van der Waals surface area contributed by atoms with E-state index in [2.05, 4.69) is 35.6 Å². The van der Waals surface area contributed by atoms with Gasteiger partial charge in [-0.1, -0.05) is 15.9 Å². The van der Waals surface area contributed by atoms with E-state index in [-0.39, 0.29) is 21.9 Å². The Morgan fingerprint density at radius 1 is 1.14 bits per heavy atom. The summed E-state index contributed by atoms with van der Waals surface area (Å²) in [7, 11) is -3.93. The Kier molecular flexibility index (Phi) is 5.27. The molecule has 29 heavy (non-hydrogen) atoms. The highest BCUT2D eigenvalue weighted by atomic mass is 79.9. The molecule has 2 aromatic heterocycles. The van der Waals surface area contributed by atoms with E-state index in [1.54, 1.807) is 12.1 Å². The van der Waals surface area contributed by atoms with E-state index in [0.29, 0.717) is 0 Å². The molecule has 0 radical (unpaired) electrons. The molecule has 1 aromatic carbocycles. The summed E-state index contributed by atoms with van der Waals surface area (Å²) in [5, 5.41) is 29.4. The van der Waals surface area contributed by atoms with Gasteiger partial charge in [-0.2, -0.15) is 0 Å². The first kappa shape index (κ1) is 20.1. The van der Waals surface area contributed by atoms with Crippen molar-refractivity contribution < 1.29 is 28.5 Å². The molecule has 1 fully saturated rings. The van der Waals surface area contributed by atoms with Gasteiger partial charge >= 0.3 is 0 Å². The van der Waals surface area contributed by atoms with E-state index in [0.717, 1.165) is 10.8 Å². The number of ether oxygens (including phenoxy) is 1. The molecular formula is C16H16BrN5O6S. The van der Waals surface area contributed by atoms with E-state index in [1.807, 2.05) is 0 Å². The summed E-state index contributed by atoms with van der Waals surface area (Å²) in [6.45, 7) is -0.478. The second kappa shape index (κ2) is 7.59. The number of sulfonamides is 1. The maximum absolute atomic E-state index is 12.6. The fraction of sp³-hybridized carbons (Fsp3) is 0.312. The van der Waals surface area contributed by atoms with Gasteiger partial charge in [-0.15, -0.1) is 0 Å². The summed E-state index contributed by atoms with van der Waals surface area (Å²) in [6, 6.07) is 6.06. The fourth-order valence-corrected chi connectivity index (χ4v) is 4.30. The summed E-state index contributed by atoms with van der Waals surface area (Å²) in [5.74, 6) is -0.0524. The van der Waals surface area contributed by atoms with Crippen molar-refractivity contribution in [3.05, 3.63) is 41.4 Å². The van der Waals surface area contributed by atoms with Crippen LogP contribution in [0.15, 0.2) is 46.3 Å². The Hall–Kier alpha value is -2.16. The monoisotopic (exact) mass is 485 g/mol. The van der Waals surface area contributed by atoms with Crippen LogP contribution in [0.4, 0.5) is 5.82 Å². The number of fused-ring (bicyclic) bond motifs is 1. The van der Waals surface area contributed by atoms with Crippen molar-refractivity contribution >= 4 is 42.9 Å². The number of imidazole rings is 1. The molecule has 4 rings (SSSR count). The van der Waals surface area contributed by atoms with Gasteiger partial charge in [0.05, 0.1) is 17.8 Å². The SMILES string of the molecule is O=S(=O)(Nc1ncnc2c1ncn2[C@@H]1O[C@H](CO)[C@@H](O)[C@H]1O)c1ccc(Br)cc1. The molecule has 0 spiro atoms. The van der Waals surface area contributed by atoms with Crippen LogP contribution in [0.3, 0.4) is 0 Å². The molecule has 13 heteroatoms. The number of nitrogens with one attached hydrogen (secondary N) is 1. The van der Waals surface area contributed by atoms with Crippen LogP contribution in [0.25, 0.3) is 11.2 Å². The van der Waals surface area contributed by atoms with Crippen molar-refractivity contribution in [3.8, 4) is 0 Å². The van der Waals surface area contributed by atoms with Crippen molar-refractivity contribution in [2.45, 2.75) is 29.4 Å². The van der Waals surface area contributed by atoms with Gasteiger partial charge in [0.25, 0.3) is 10.0 Å². The lowest BCUT2D eigenvalue weighted by Gasteiger charge is -2.16. The molecule has 11 nitrogen and oxygen atoms in total. The molecule has 4 N–H and O–H groups in total. The lowest BCUT2D eigenvalue weighted by Crippen LogP contribution is -2.33. The number of nitrogens with zero attached hydrogens (tertiary/aromatic N) is 4. The predicted molar refractivity (Wildman–Crippen MR) is 103 cm³/mol. The van der Waals surface area contributed by atoms with Crippen molar-refractivity contribution in [1.82, 2.24) is 19.5 Å². The molecule has 154 valence electrons. The van der Waals surface area contributed by atoms with Crippen molar-refractivity contribution in [2.75, 3.05) is 11.3 Å². The molecule has 0 aliphatic carbocycles. The summed E-state index contributed by atoms with van der Waals surface area (Å²) in [4.78, 5) is 12.2. The largest absolute Gasteiger partial charge is 0.394 e. The van der Waals surface area contributed by atoms with Gasteiger partial charge in [0.1, 0.15) is 24.6 Å². The van der Waals surface area contributed by atoms with E-state index < -0.39 is 41.2 Å². The molecule has 3 aromatic rings. The van der Waals surface area contributed by atoms with Crippen LogP contribution in [-0.4, -0.2) is 68.2 Å². The number of hydrogen-bond donors (Lipinski definition) is 4. The van der Waals surface area contributed by atoms with Gasteiger partial charge in [-0.3, -0.25) is 9.29 Å². The maximum Gasteiger partial charge on any atom is 0.263 e. The average molecular weight is 486 g/mol. The molecule has 1 aliphatic rings. The van der Waals surface area contributed by atoms with E-state index in [1.165, 1.54) is 23.0 Å². The molecule has 4 atom stereocenters. The highest BCUT2D eigenvalue weighted by Gasteiger charge is 2.44. The topological polar surface area (TPSA) is 160 Å². The number of halogens is 1. The smallest absolute Gasteiger partial charge is 0.263 e. The number of hydrogen-bond acceptors (Lipinski definition) is 9. The van der Waals surface area contributed by atoms with Crippen molar-refractivity contribution in [1.29, 1.82) is 0 Å². The highest BCUT2D eigenvalue weighted by molar-refractivity contribution is 9.10. The van der Waals surface area contributed by atoms with Gasteiger partial charge in [-0.05, 0) is 24.3 Å². The Bertz CT molecular complexity index is 1140. The summed E-state index contributed by atoms with van der Waals surface area (Å²) in [6.07, 6.45) is -2.22. The Balaban J connectivity index is 1.69. The Morgan fingerprint density at radius 3 is 2.52 bits per heavy atom. The zero-order valence-corrected chi connectivity index (χ0v) is 17.0. The van der Waals surface area contributed by atoms with Crippen LogP contribution in [0.2, 0.25) is 0 Å². The number of aromatic nitrogens is 4. The molecule has 3 heterocycles. The predicted octanol–water partition coefficient (Wildman–Crippen LogP) is 0.00110. The Morgan fingerprint density at radius 2 is 1.86 bits per heavy atom. The number of aliphatic hydroxyl groups is 3. The van der Waals surface area contributed by atoms with Crippen LogP contribution >= 0.6 is 15.9 Å². The zero-order chi connectivity index (χ0) is 20.8. The molecule has 0 bridgehead atoms. The fourth-order valence-electron chi connectivity index (χ4n) is 3.02. The molecule has 1 aliphatic heterocycles. The maximum atomic E-state index is 12.6. The summed E-state index contributed by atoms with van der Waals surface area (Å²) < 4.78 is 35.2. The molecule has 0 amide bonds. The zero-order valence-electron chi connectivity index (χ0n) is 14.6. The Labute approximate surface area is 173 Å². The number of benzene rings is 1. The minimum Gasteiger partial charge on any atom is -0.394 e. The quantitative estimate of drug-likeness (QED) is 0.389. The first-order valence-corrected chi connectivity index (χ1v) is 10.7. The highest BCUT2D eigenvalue weighted by Crippen LogP contribution is 2.32. The second-order valence-corrected chi connectivity index (χ2v) is 8.93. The number of anilines is 1. The molecular weight excluding hydrogens is 470 g/mol. The lowest BCUT2D eigenvalue weighted by molar-refractivity contribution is -0.0511. The minimum absolute atomic E-state index is 0.0374. The van der Waals surface area contributed by atoms with Crippen LogP contribution in [0, 0.1) is 0 Å². The van der Waals surface area contributed by atoms with E-state index in [4.69, 9.17) is 4.74 Å². The lowest BCUT2D eigenvalue weighted by atomic mass is 10.1. The van der Waals surface area contributed by atoms with Gasteiger partial charge in [-0.25, -0.2) is 23.4 Å². The van der Waals surface area contributed by atoms with Gasteiger partial charge < -0.3 is 20.1 Å². The van der Waals surface area contributed by atoms with Crippen LogP contribution < -0.4 is 4.72 Å². The van der Waals surface area contributed by atoms with Crippen molar-refractivity contribution in [3.63, 3.8) is 0 Å². The van der Waals surface area contributed by atoms with Crippen molar-refractivity contribution in [2.24, 2.45) is 0 Å². The third-order valence-electron chi connectivity index (χ3n) is 4.51. The molecule has 0 saturated carbocycles. The van der Waals surface area contributed by atoms with E-state index in [9.17, 15) is 23.7 Å². The summed E-state index contributed by atoms with van der Waals surface area (Å²) in [5.41, 5.74) is 0.314. The van der Waals surface area contributed by atoms with Gasteiger partial charge in [0, 0.05) is 4.47 Å². The third-order valence-corrected chi connectivity index (χ3v) is 6.39. The standard InChI is InChI=1S/C16H16BrN5O6S/c17-8-1-3-9(4-2-8)29(26,27)21-14-11-15(19-6-18-14)22(7-20-11)16-13(25)12(24)10(5-23)28-16/h1-4,6-7,10,12-13,16,23-25H,5H2,(H,18,19,21)/t10-,12-,13-,16-/m1/s1. The third kappa shape index (κ3) is 3.60.